The quantitative estimate of drug-likeness (QED) is 0.133. The molecule has 0 saturated heterocycles. The van der Waals surface area contributed by atoms with Gasteiger partial charge >= 0.3 is 0 Å². The summed E-state index contributed by atoms with van der Waals surface area (Å²) < 4.78 is 63.5. The van der Waals surface area contributed by atoms with Crippen molar-refractivity contribution in [2.75, 3.05) is 34.4 Å². The number of unbranched alkanes of at least 4 members (excludes halogenated alkanes) is 2. The molecule has 11 heteroatoms. The number of carbonyl (C=O) groups is 1. The second-order valence-electron chi connectivity index (χ2n) is 14.2. The molecule has 0 bridgehead atoms. The number of hydrogen-bond acceptors (Lipinski definition) is 7. The van der Waals surface area contributed by atoms with Crippen LogP contribution in [0.4, 0.5) is 11.4 Å². The highest BCUT2D eigenvalue weighted by Crippen LogP contribution is 2.49. The molecule has 2 aromatic carbocycles. The molecule has 3 aliphatic rings. The van der Waals surface area contributed by atoms with Gasteiger partial charge in [-0.15, -0.1) is 0 Å². The molecule has 1 fully saturated rings. The minimum Gasteiger partial charge on any atom is -0.344 e. The van der Waals surface area contributed by atoms with Crippen molar-refractivity contribution in [3.05, 3.63) is 107 Å². The molecule has 264 valence electrons. The molecule has 5 rings (SSSR count). The number of hydrogen-bond donors (Lipinski definition) is 2. The lowest BCUT2D eigenvalue weighted by Crippen LogP contribution is -2.27. The van der Waals surface area contributed by atoms with Gasteiger partial charge in [0.1, 0.15) is 0 Å². The fourth-order valence-electron chi connectivity index (χ4n) is 7.45. The van der Waals surface area contributed by atoms with Crippen LogP contribution in [0.1, 0.15) is 83.8 Å². The fraction of sp³-hybridized carbons (Fsp3) is 0.447. The van der Waals surface area contributed by atoms with Crippen molar-refractivity contribution in [1.82, 2.24) is 0 Å². The highest BCUT2D eigenvalue weighted by molar-refractivity contribution is 7.86. The van der Waals surface area contributed by atoms with Gasteiger partial charge in [0, 0.05) is 46.7 Å². The van der Waals surface area contributed by atoms with Crippen LogP contribution in [-0.2, 0) is 35.9 Å². The van der Waals surface area contributed by atoms with Crippen molar-refractivity contribution in [2.24, 2.45) is 0 Å². The first kappa shape index (κ1) is 36.8. The monoisotopic (exact) mass is 708 g/mol. The Labute approximate surface area is 291 Å². The molecule has 0 radical (unpaired) electrons. The summed E-state index contributed by atoms with van der Waals surface area (Å²) in [5.41, 5.74) is 7.37. The highest BCUT2D eigenvalue weighted by atomic mass is 32.2. The topological polar surface area (TPSA) is 132 Å². The van der Waals surface area contributed by atoms with E-state index in [0.717, 1.165) is 40.3 Å². The summed E-state index contributed by atoms with van der Waals surface area (Å²) in [6.07, 6.45) is 12.0. The van der Waals surface area contributed by atoms with Gasteiger partial charge in [0.15, 0.2) is 5.78 Å². The van der Waals surface area contributed by atoms with Crippen molar-refractivity contribution in [2.45, 2.75) is 83.5 Å². The van der Waals surface area contributed by atoms with Crippen molar-refractivity contribution in [1.29, 1.82) is 0 Å². The highest BCUT2D eigenvalue weighted by Gasteiger charge is 2.40. The molecule has 0 atom stereocenters. The van der Waals surface area contributed by atoms with E-state index >= 15 is 0 Å². The Hall–Kier alpha value is -3.51. The summed E-state index contributed by atoms with van der Waals surface area (Å²) in [4.78, 5) is 18.3. The van der Waals surface area contributed by atoms with E-state index < -0.39 is 20.2 Å². The number of Topliss-reactive ketones (excluding diaryl/α,β-unsaturated/α-hetero) is 1. The summed E-state index contributed by atoms with van der Waals surface area (Å²) in [5, 5.41) is 0. The van der Waals surface area contributed by atoms with Gasteiger partial charge < -0.3 is 9.80 Å². The Morgan fingerprint density at radius 2 is 1.02 bits per heavy atom. The fourth-order valence-corrected chi connectivity index (χ4v) is 8.59. The van der Waals surface area contributed by atoms with E-state index in [9.17, 15) is 30.7 Å². The normalized spacial score (nSPS) is 22.0. The minimum absolute atomic E-state index is 0.0287. The Bertz CT molecular complexity index is 1800. The zero-order chi connectivity index (χ0) is 35.6. The van der Waals surface area contributed by atoms with Crippen LogP contribution in [-0.4, -0.2) is 56.3 Å². The second kappa shape index (κ2) is 14.4. The van der Waals surface area contributed by atoms with E-state index in [-0.39, 0.29) is 28.1 Å². The van der Waals surface area contributed by atoms with E-state index in [1.807, 2.05) is 48.6 Å². The van der Waals surface area contributed by atoms with Crippen LogP contribution in [0.5, 0.6) is 0 Å². The number of anilines is 2. The maximum Gasteiger partial charge on any atom is 0.264 e. The lowest BCUT2D eigenvalue weighted by molar-refractivity contribution is -0.113. The summed E-state index contributed by atoms with van der Waals surface area (Å²) in [6, 6.07) is 16.3. The first-order valence-corrected chi connectivity index (χ1v) is 20.2. The number of rotatable bonds is 12. The molecule has 1 aliphatic carbocycles. The van der Waals surface area contributed by atoms with Crippen molar-refractivity contribution < 1.29 is 30.7 Å². The zero-order valence-electron chi connectivity index (χ0n) is 28.9. The Kier molecular flexibility index (Phi) is 10.8. The van der Waals surface area contributed by atoms with Crippen LogP contribution in [0.3, 0.4) is 0 Å². The number of benzene rings is 2. The molecule has 0 aromatic heterocycles. The van der Waals surface area contributed by atoms with E-state index in [4.69, 9.17) is 0 Å². The maximum atomic E-state index is 13.9. The average molecular weight is 709 g/mol. The first-order chi connectivity index (χ1) is 23.0. The van der Waals surface area contributed by atoms with Crippen LogP contribution in [0.25, 0.3) is 0 Å². The first-order valence-electron chi connectivity index (χ1n) is 17.0. The molecule has 1 saturated carbocycles. The van der Waals surface area contributed by atoms with Gasteiger partial charge in [0.05, 0.1) is 11.5 Å². The standard InChI is InChI=1S/C38H48N2O7S2/c1-37(2)30-16-5-7-18-32(30)39(24-9-11-26-48(42,43)44)34(37)22-20-28-14-13-15-29(36(28)41)21-23-35-38(3,4)31-17-6-8-19-33(31)40(35)25-10-12-27-49(45,46)47/h5-8,16-23H,9-15,24-27H2,1-4H3,(H,42,43,44)(H,45,46,47). The van der Waals surface area contributed by atoms with E-state index in [2.05, 4.69) is 61.8 Å². The molecular formula is C38H48N2O7S2. The number of fused-ring (bicyclic) bond motifs is 2. The van der Waals surface area contributed by atoms with Crippen LogP contribution >= 0.6 is 0 Å². The molecule has 0 amide bonds. The third-order valence-corrected chi connectivity index (χ3v) is 11.6. The predicted octanol–water partition coefficient (Wildman–Crippen LogP) is 7.29. The van der Waals surface area contributed by atoms with E-state index in [1.54, 1.807) is 0 Å². The van der Waals surface area contributed by atoms with Gasteiger partial charge in [-0.1, -0.05) is 76.2 Å². The van der Waals surface area contributed by atoms with Gasteiger partial charge in [0.25, 0.3) is 20.2 Å². The van der Waals surface area contributed by atoms with Crippen molar-refractivity contribution in [3.63, 3.8) is 0 Å². The molecule has 49 heavy (non-hydrogen) atoms. The Morgan fingerprint density at radius 3 is 1.41 bits per heavy atom. The molecule has 2 aliphatic heterocycles. The van der Waals surface area contributed by atoms with Crippen molar-refractivity contribution >= 4 is 37.4 Å². The van der Waals surface area contributed by atoms with E-state index in [0.29, 0.717) is 51.6 Å². The predicted molar refractivity (Wildman–Crippen MR) is 196 cm³/mol. The number of carbonyl (C=O) groups excluding carboxylic acids is 1. The molecule has 9 nitrogen and oxygen atoms in total. The Morgan fingerprint density at radius 1 is 0.633 bits per heavy atom. The van der Waals surface area contributed by atoms with Gasteiger partial charge in [-0.3, -0.25) is 13.9 Å². The molecular weight excluding hydrogens is 661 g/mol. The zero-order valence-corrected chi connectivity index (χ0v) is 30.5. The number of nitrogens with zero attached hydrogens (tertiary/aromatic N) is 2. The van der Waals surface area contributed by atoms with Gasteiger partial charge in [-0.05, 0) is 91.5 Å². The smallest absolute Gasteiger partial charge is 0.264 e. The molecule has 2 N–H and O–H groups in total. The minimum atomic E-state index is -4.02. The van der Waals surface area contributed by atoms with E-state index in [1.165, 1.54) is 11.1 Å². The summed E-state index contributed by atoms with van der Waals surface area (Å²) >= 11 is 0. The van der Waals surface area contributed by atoms with Crippen molar-refractivity contribution in [3.8, 4) is 0 Å². The number of para-hydroxylation sites is 2. The maximum absolute atomic E-state index is 13.9. The third kappa shape index (κ3) is 8.28. The van der Waals surface area contributed by atoms with Crippen LogP contribution in [0.2, 0.25) is 0 Å². The number of ketones is 1. The molecule has 2 heterocycles. The largest absolute Gasteiger partial charge is 0.344 e. The summed E-state index contributed by atoms with van der Waals surface area (Å²) in [5.74, 6) is -0.519. The van der Waals surface area contributed by atoms with Crippen LogP contribution in [0, 0.1) is 0 Å². The average Bonchev–Trinajstić information content (AvgIpc) is 3.37. The summed E-state index contributed by atoms with van der Waals surface area (Å²) in [7, 11) is -8.04. The Balaban J connectivity index is 1.40. The van der Waals surface area contributed by atoms with Gasteiger partial charge in [-0.25, -0.2) is 0 Å². The van der Waals surface area contributed by atoms with Crippen LogP contribution < -0.4 is 9.80 Å². The molecule has 0 spiro atoms. The lowest BCUT2D eigenvalue weighted by atomic mass is 9.82. The van der Waals surface area contributed by atoms with Gasteiger partial charge in [-0.2, -0.15) is 16.8 Å². The van der Waals surface area contributed by atoms with Crippen LogP contribution in [0.15, 0.2) is 95.4 Å². The second-order valence-corrected chi connectivity index (χ2v) is 17.4. The molecule has 0 unspecified atom stereocenters. The third-order valence-electron chi connectivity index (χ3n) is 10.0. The lowest BCUT2D eigenvalue weighted by Gasteiger charge is -2.27. The summed E-state index contributed by atoms with van der Waals surface area (Å²) in [6.45, 7) is 9.80. The SMILES string of the molecule is CC1(C)C(=CC=C2CCCC(=CC=C3N(CCCCS(=O)(=O)O)c4ccccc4C3(C)C)C2=O)N(CCCCS(=O)(=O)O)c2ccccc21. The number of allylic oxidation sites excluding steroid dienone is 8. The van der Waals surface area contributed by atoms with Gasteiger partial charge in [0.2, 0.25) is 0 Å². The molecule has 2 aromatic rings.